The third-order valence-corrected chi connectivity index (χ3v) is 8.74. The van der Waals surface area contributed by atoms with Crippen molar-refractivity contribution in [2.75, 3.05) is 39.4 Å². The molecule has 1 aromatic carbocycles. The molecule has 0 atom stereocenters. The standard InChI is InChI=1S/C25H28N6O3S/c32-35(33,22-4-2-1-3-5-22)31-18-24(21-16-27-28-17-21)23-14-20(15-26-25(23)31)19-6-8-29(9-7-19)30-10-12-34-13-11-30/h1-5,14-19H,6-13H2,(H,27,28). The molecule has 0 spiro atoms. The van der Waals surface area contributed by atoms with Crippen LogP contribution in [0.15, 0.2) is 66.1 Å². The average Bonchev–Trinajstić information content (AvgIpc) is 3.58. The van der Waals surface area contributed by atoms with Gasteiger partial charge in [0.2, 0.25) is 0 Å². The van der Waals surface area contributed by atoms with E-state index in [-0.39, 0.29) is 4.90 Å². The lowest BCUT2D eigenvalue weighted by molar-refractivity contribution is -0.0999. The van der Waals surface area contributed by atoms with E-state index in [9.17, 15) is 8.42 Å². The maximum absolute atomic E-state index is 13.5. The van der Waals surface area contributed by atoms with E-state index in [1.165, 1.54) is 3.97 Å². The Bertz CT molecular complexity index is 1400. The minimum Gasteiger partial charge on any atom is -0.379 e. The SMILES string of the molecule is O=S(=O)(c1ccccc1)n1cc(-c2cn[nH]c2)c2cc(C3CCN(N4CCOCC4)CC3)cnc21. The molecule has 3 aromatic heterocycles. The molecule has 35 heavy (non-hydrogen) atoms. The number of benzene rings is 1. The van der Waals surface area contributed by atoms with Crippen molar-refractivity contribution in [1.29, 1.82) is 0 Å². The van der Waals surface area contributed by atoms with Gasteiger partial charge in [-0.25, -0.2) is 27.4 Å². The van der Waals surface area contributed by atoms with Crippen LogP contribution >= 0.6 is 0 Å². The van der Waals surface area contributed by atoms with Crippen molar-refractivity contribution >= 4 is 21.1 Å². The summed E-state index contributed by atoms with van der Waals surface area (Å²) in [5.41, 5.74) is 3.21. The van der Waals surface area contributed by atoms with E-state index >= 15 is 0 Å². The zero-order valence-electron chi connectivity index (χ0n) is 19.4. The molecule has 1 N–H and O–H groups in total. The number of H-pyrrole nitrogens is 1. The van der Waals surface area contributed by atoms with Gasteiger partial charge in [0.1, 0.15) is 0 Å². The Balaban J connectivity index is 1.35. The topological polar surface area (TPSA) is 96.3 Å². The van der Waals surface area contributed by atoms with Gasteiger partial charge in [0, 0.05) is 61.3 Å². The van der Waals surface area contributed by atoms with Crippen LogP contribution in [0.1, 0.15) is 24.3 Å². The molecule has 0 saturated carbocycles. The van der Waals surface area contributed by atoms with Crippen LogP contribution in [0.5, 0.6) is 0 Å². The van der Waals surface area contributed by atoms with Crippen LogP contribution in [0.3, 0.4) is 0 Å². The van der Waals surface area contributed by atoms with Gasteiger partial charge < -0.3 is 4.74 Å². The lowest BCUT2D eigenvalue weighted by atomic mass is 9.90. The van der Waals surface area contributed by atoms with Gasteiger partial charge in [-0.2, -0.15) is 5.10 Å². The van der Waals surface area contributed by atoms with Gasteiger partial charge in [-0.3, -0.25) is 5.10 Å². The number of rotatable bonds is 5. The number of pyridine rings is 1. The minimum absolute atomic E-state index is 0.233. The molecule has 2 aliphatic heterocycles. The first-order chi connectivity index (χ1) is 17.1. The van der Waals surface area contributed by atoms with Gasteiger partial charge in [0.15, 0.2) is 5.65 Å². The summed E-state index contributed by atoms with van der Waals surface area (Å²) in [6, 6.07) is 10.6. The fraction of sp³-hybridized carbons (Fsp3) is 0.360. The predicted octanol–water partition coefficient (Wildman–Crippen LogP) is 3.09. The van der Waals surface area contributed by atoms with Crippen molar-refractivity contribution in [3.05, 3.63) is 66.7 Å². The molecular formula is C25H28N6O3S. The molecule has 9 nitrogen and oxygen atoms in total. The second kappa shape index (κ2) is 9.19. The summed E-state index contributed by atoms with van der Waals surface area (Å²) in [4.78, 5) is 4.93. The summed E-state index contributed by atoms with van der Waals surface area (Å²) in [7, 11) is -3.79. The molecule has 4 aromatic rings. The smallest absolute Gasteiger partial charge is 0.269 e. The quantitative estimate of drug-likeness (QED) is 0.457. The third-order valence-electron chi connectivity index (χ3n) is 7.07. The Morgan fingerprint density at radius 1 is 0.971 bits per heavy atom. The first-order valence-corrected chi connectivity index (χ1v) is 13.4. The van der Waals surface area contributed by atoms with Crippen LogP contribution in [0.2, 0.25) is 0 Å². The summed E-state index contributed by atoms with van der Waals surface area (Å²) >= 11 is 0. The number of hydrogen-bond acceptors (Lipinski definition) is 7. The summed E-state index contributed by atoms with van der Waals surface area (Å²) in [6.07, 6.45) is 9.08. The molecule has 6 rings (SSSR count). The highest BCUT2D eigenvalue weighted by atomic mass is 32.2. The van der Waals surface area contributed by atoms with E-state index in [0.717, 1.165) is 74.3 Å². The van der Waals surface area contributed by atoms with E-state index in [1.54, 1.807) is 48.9 Å². The molecule has 5 heterocycles. The minimum atomic E-state index is -3.79. The van der Waals surface area contributed by atoms with Crippen LogP contribution in [0, 0.1) is 0 Å². The summed E-state index contributed by atoms with van der Waals surface area (Å²) in [6.45, 7) is 5.49. The monoisotopic (exact) mass is 492 g/mol. The Hall–Kier alpha value is -3.05. The van der Waals surface area contributed by atoms with Crippen molar-refractivity contribution in [1.82, 2.24) is 29.2 Å². The lowest BCUT2D eigenvalue weighted by Crippen LogP contribution is -2.51. The van der Waals surface area contributed by atoms with Crippen LogP contribution in [0.4, 0.5) is 0 Å². The molecule has 0 unspecified atom stereocenters. The number of piperidine rings is 1. The molecule has 0 radical (unpaired) electrons. The molecule has 0 bridgehead atoms. The molecule has 0 amide bonds. The van der Waals surface area contributed by atoms with Gasteiger partial charge >= 0.3 is 0 Å². The number of aromatic nitrogens is 4. The average molecular weight is 493 g/mol. The Labute approximate surface area is 204 Å². The lowest BCUT2D eigenvalue weighted by Gasteiger charge is -2.41. The van der Waals surface area contributed by atoms with Crippen LogP contribution in [0.25, 0.3) is 22.2 Å². The van der Waals surface area contributed by atoms with Gasteiger partial charge in [-0.05, 0) is 42.5 Å². The van der Waals surface area contributed by atoms with Gasteiger partial charge in [0.05, 0.1) is 24.3 Å². The van der Waals surface area contributed by atoms with Crippen LogP contribution in [-0.2, 0) is 14.8 Å². The Morgan fingerprint density at radius 2 is 1.71 bits per heavy atom. The van der Waals surface area contributed by atoms with Crippen molar-refractivity contribution in [3.8, 4) is 11.1 Å². The molecular weight excluding hydrogens is 464 g/mol. The molecule has 0 aliphatic carbocycles. The number of hydrazine groups is 1. The van der Waals surface area contributed by atoms with Crippen molar-refractivity contribution in [2.45, 2.75) is 23.7 Å². The summed E-state index contributed by atoms with van der Waals surface area (Å²) in [5, 5.41) is 12.6. The first kappa shape index (κ1) is 22.4. The van der Waals surface area contributed by atoms with E-state index in [4.69, 9.17) is 9.72 Å². The molecule has 2 fully saturated rings. The number of ether oxygens (including phenoxy) is 1. The van der Waals surface area contributed by atoms with Gasteiger partial charge in [-0.1, -0.05) is 18.2 Å². The third kappa shape index (κ3) is 4.16. The zero-order chi connectivity index (χ0) is 23.8. The van der Waals surface area contributed by atoms with E-state index in [2.05, 4.69) is 26.3 Å². The maximum Gasteiger partial charge on any atom is 0.269 e. The number of nitrogens with zero attached hydrogens (tertiary/aromatic N) is 5. The number of morpholine rings is 1. The molecule has 2 aliphatic rings. The largest absolute Gasteiger partial charge is 0.379 e. The Morgan fingerprint density at radius 3 is 2.43 bits per heavy atom. The highest BCUT2D eigenvalue weighted by Crippen LogP contribution is 2.35. The normalized spacial score (nSPS) is 18.9. The van der Waals surface area contributed by atoms with Crippen LogP contribution in [-0.4, -0.2) is 77.0 Å². The van der Waals surface area contributed by atoms with Crippen molar-refractivity contribution < 1.29 is 13.2 Å². The van der Waals surface area contributed by atoms with Crippen LogP contribution < -0.4 is 0 Å². The summed E-state index contributed by atoms with van der Waals surface area (Å²) in [5.74, 6) is 0.385. The van der Waals surface area contributed by atoms with E-state index in [0.29, 0.717) is 11.6 Å². The Kier molecular flexibility index (Phi) is 5.89. The highest BCUT2D eigenvalue weighted by Gasteiger charge is 2.28. The fourth-order valence-corrected chi connectivity index (χ4v) is 6.50. The summed E-state index contributed by atoms with van der Waals surface area (Å²) < 4.78 is 33.8. The van der Waals surface area contributed by atoms with E-state index in [1.807, 2.05) is 6.20 Å². The number of fused-ring (bicyclic) bond motifs is 1. The van der Waals surface area contributed by atoms with Gasteiger partial charge in [0.25, 0.3) is 10.0 Å². The van der Waals surface area contributed by atoms with E-state index < -0.39 is 10.0 Å². The predicted molar refractivity (Wildman–Crippen MR) is 132 cm³/mol. The molecule has 10 heteroatoms. The molecule has 2 saturated heterocycles. The highest BCUT2D eigenvalue weighted by molar-refractivity contribution is 7.90. The number of hydrogen-bond donors (Lipinski definition) is 1. The fourth-order valence-electron chi connectivity index (χ4n) is 5.15. The number of aromatic amines is 1. The van der Waals surface area contributed by atoms with Crippen molar-refractivity contribution in [3.63, 3.8) is 0 Å². The first-order valence-electron chi connectivity index (χ1n) is 12.0. The molecule has 182 valence electrons. The zero-order valence-corrected chi connectivity index (χ0v) is 20.2. The van der Waals surface area contributed by atoms with Crippen molar-refractivity contribution in [2.24, 2.45) is 0 Å². The second-order valence-corrected chi connectivity index (χ2v) is 10.9. The second-order valence-electron chi connectivity index (χ2n) is 9.08. The maximum atomic E-state index is 13.5. The van der Waals surface area contributed by atoms with Gasteiger partial charge in [-0.15, -0.1) is 0 Å². The number of nitrogens with one attached hydrogen (secondary N) is 1.